The Bertz CT molecular complexity index is 1460. The van der Waals surface area contributed by atoms with E-state index in [1.165, 1.54) is 18.2 Å². The second-order valence-electron chi connectivity index (χ2n) is 9.06. The summed E-state index contributed by atoms with van der Waals surface area (Å²) in [5, 5.41) is 12.8. The Balaban J connectivity index is 1.40. The number of carbonyl (C=O) groups is 2. The Labute approximate surface area is 213 Å². The Morgan fingerprint density at radius 3 is 2.73 bits per heavy atom. The van der Waals surface area contributed by atoms with Crippen molar-refractivity contribution in [2.45, 2.75) is 25.3 Å². The number of anilines is 1. The minimum atomic E-state index is -0.598. The molecule has 3 amide bonds. The smallest absolute Gasteiger partial charge is 0.322 e. The maximum atomic E-state index is 13.5. The monoisotopic (exact) mass is 498 g/mol. The predicted molar refractivity (Wildman–Crippen MR) is 141 cm³/mol. The molecular formula is C29H27FN4O3. The number of aryl methyl sites for hydroxylation is 1. The van der Waals surface area contributed by atoms with Gasteiger partial charge in [0.15, 0.2) is 0 Å². The van der Waals surface area contributed by atoms with Crippen LogP contribution in [0.1, 0.15) is 34.7 Å². The molecule has 1 unspecified atom stereocenters. The van der Waals surface area contributed by atoms with Crippen molar-refractivity contribution in [3.63, 3.8) is 0 Å². The number of para-hydroxylation sites is 1. The summed E-state index contributed by atoms with van der Waals surface area (Å²) in [6.07, 6.45) is 7.12. The summed E-state index contributed by atoms with van der Waals surface area (Å²) < 4.78 is 13.4. The standard InChI is InChI=1S/C29H27FN4O3/c30-22-8-10-23(11-9-22)32-29(36)34(16-15-21-18-31-26-4-2-1-3-24(21)26)27-13-7-20-17-19(5-12-25(20)27)6-14-28(35)33-37/h1-6,8-12,14,17-18,27,31,37H,7,13,15-16H2,(H,32,36)(H,33,35). The van der Waals surface area contributed by atoms with Crippen LogP contribution in [-0.4, -0.2) is 33.6 Å². The van der Waals surface area contributed by atoms with Gasteiger partial charge in [-0.2, -0.15) is 0 Å². The summed E-state index contributed by atoms with van der Waals surface area (Å²) in [4.78, 5) is 30.0. The fourth-order valence-corrected chi connectivity index (χ4v) is 4.96. The zero-order valence-electron chi connectivity index (χ0n) is 20.1. The van der Waals surface area contributed by atoms with Crippen LogP contribution in [0.4, 0.5) is 14.9 Å². The number of nitrogens with one attached hydrogen (secondary N) is 3. The van der Waals surface area contributed by atoms with Crippen molar-refractivity contribution >= 4 is 34.6 Å². The molecule has 0 radical (unpaired) electrons. The molecule has 4 aromatic rings. The molecule has 1 aliphatic carbocycles. The molecule has 0 spiro atoms. The summed E-state index contributed by atoms with van der Waals surface area (Å²) in [5.41, 5.74) is 7.32. The Morgan fingerprint density at radius 1 is 1.11 bits per heavy atom. The van der Waals surface area contributed by atoms with Crippen molar-refractivity contribution in [2.75, 3.05) is 11.9 Å². The number of amides is 3. The van der Waals surface area contributed by atoms with E-state index in [2.05, 4.69) is 16.4 Å². The second kappa shape index (κ2) is 10.7. The number of hydroxylamine groups is 1. The highest BCUT2D eigenvalue weighted by atomic mass is 19.1. The van der Waals surface area contributed by atoms with E-state index in [1.54, 1.807) is 23.7 Å². The lowest BCUT2D eigenvalue weighted by Gasteiger charge is -2.30. The number of hydrogen-bond acceptors (Lipinski definition) is 3. The van der Waals surface area contributed by atoms with Gasteiger partial charge in [-0.3, -0.25) is 10.0 Å². The number of rotatable bonds is 7. The van der Waals surface area contributed by atoms with Gasteiger partial charge in [0.2, 0.25) is 0 Å². The van der Waals surface area contributed by atoms with Crippen LogP contribution >= 0.6 is 0 Å². The number of hydrogen-bond donors (Lipinski definition) is 4. The lowest BCUT2D eigenvalue weighted by Crippen LogP contribution is -2.38. The molecule has 7 nitrogen and oxygen atoms in total. The third-order valence-electron chi connectivity index (χ3n) is 6.78. The van der Waals surface area contributed by atoms with Crippen molar-refractivity contribution in [3.05, 3.63) is 107 Å². The van der Waals surface area contributed by atoms with Gasteiger partial charge in [-0.15, -0.1) is 0 Å². The minimum Gasteiger partial charge on any atom is -0.361 e. The summed E-state index contributed by atoms with van der Waals surface area (Å²) in [6.45, 7) is 0.497. The zero-order chi connectivity index (χ0) is 25.8. The topological polar surface area (TPSA) is 97.5 Å². The van der Waals surface area contributed by atoms with E-state index < -0.39 is 5.91 Å². The third-order valence-corrected chi connectivity index (χ3v) is 6.78. The van der Waals surface area contributed by atoms with E-state index in [9.17, 15) is 14.0 Å². The molecule has 1 heterocycles. The van der Waals surface area contributed by atoms with Crippen LogP contribution in [0.3, 0.4) is 0 Å². The van der Waals surface area contributed by atoms with Crippen molar-refractivity contribution in [1.29, 1.82) is 0 Å². The van der Waals surface area contributed by atoms with Gasteiger partial charge in [-0.1, -0.05) is 36.4 Å². The van der Waals surface area contributed by atoms with Crippen LogP contribution < -0.4 is 10.8 Å². The maximum Gasteiger partial charge on any atom is 0.322 e. The molecule has 0 bridgehead atoms. The number of aromatic amines is 1. The molecular weight excluding hydrogens is 471 g/mol. The number of nitrogens with zero attached hydrogens (tertiary/aromatic N) is 1. The van der Waals surface area contributed by atoms with Crippen LogP contribution in [0.25, 0.3) is 17.0 Å². The van der Waals surface area contributed by atoms with Gasteiger partial charge >= 0.3 is 6.03 Å². The highest BCUT2D eigenvalue weighted by molar-refractivity contribution is 5.91. The van der Waals surface area contributed by atoms with Crippen molar-refractivity contribution in [3.8, 4) is 0 Å². The molecule has 3 aromatic carbocycles. The summed E-state index contributed by atoms with van der Waals surface area (Å²) in [7, 11) is 0. The van der Waals surface area contributed by atoms with Crippen LogP contribution in [0, 0.1) is 5.82 Å². The molecule has 1 aliphatic rings. The highest BCUT2D eigenvalue weighted by Crippen LogP contribution is 2.37. The van der Waals surface area contributed by atoms with Gasteiger partial charge in [-0.05, 0) is 77.9 Å². The first-order valence-corrected chi connectivity index (χ1v) is 12.1. The number of carbonyl (C=O) groups excluding carboxylic acids is 2. The molecule has 8 heteroatoms. The summed E-state index contributed by atoms with van der Waals surface area (Å²) >= 11 is 0. The quantitative estimate of drug-likeness (QED) is 0.152. The maximum absolute atomic E-state index is 13.5. The third kappa shape index (κ3) is 5.39. The lowest BCUT2D eigenvalue weighted by atomic mass is 10.0. The number of benzene rings is 3. The van der Waals surface area contributed by atoms with Crippen LogP contribution in [0.2, 0.25) is 0 Å². The number of fused-ring (bicyclic) bond motifs is 2. The first-order chi connectivity index (χ1) is 18.0. The Hall–Kier alpha value is -4.43. The van der Waals surface area contributed by atoms with E-state index in [0.717, 1.165) is 46.0 Å². The molecule has 4 N–H and O–H groups in total. The van der Waals surface area contributed by atoms with Crippen LogP contribution in [0.15, 0.2) is 79.0 Å². The van der Waals surface area contributed by atoms with E-state index in [1.807, 2.05) is 47.5 Å². The molecule has 188 valence electrons. The van der Waals surface area contributed by atoms with Crippen LogP contribution in [-0.2, 0) is 17.6 Å². The number of aromatic nitrogens is 1. The van der Waals surface area contributed by atoms with Gasteiger partial charge in [-0.25, -0.2) is 14.7 Å². The molecule has 37 heavy (non-hydrogen) atoms. The average Bonchev–Trinajstić information content (AvgIpc) is 3.53. The lowest BCUT2D eigenvalue weighted by molar-refractivity contribution is -0.124. The molecule has 0 saturated carbocycles. The molecule has 0 saturated heterocycles. The molecule has 0 aliphatic heterocycles. The van der Waals surface area contributed by atoms with Gasteiger partial charge < -0.3 is 15.2 Å². The fourth-order valence-electron chi connectivity index (χ4n) is 4.96. The first-order valence-electron chi connectivity index (χ1n) is 12.1. The van der Waals surface area contributed by atoms with Gasteiger partial charge in [0.25, 0.3) is 5.91 Å². The number of H-pyrrole nitrogens is 1. The molecule has 5 rings (SSSR count). The van der Waals surface area contributed by atoms with E-state index >= 15 is 0 Å². The summed E-state index contributed by atoms with van der Waals surface area (Å²) in [6, 6.07) is 19.4. The zero-order valence-corrected chi connectivity index (χ0v) is 20.1. The summed E-state index contributed by atoms with van der Waals surface area (Å²) in [5.74, 6) is -0.959. The first kappa shape index (κ1) is 24.3. The van der Waals surface area contributed by atoms with E-state index in [0.29, 0.717) is 18.7 Å². The largest absolute Gasteiger partial charge is 0.361 e. The minimum absolute atomic E-state index is 0.126. The molecule has 0 fully saturated rings. The Kier molecular flexibility index (Phi) is 7.00. The van der Waals surface area contributed by atoms with E-state index in [-0.39, 0.29) is 17.9 Å². The number of halogens is 1. The Morgan fingerprint density at radius 2 is 1.92 bits per heavy atom. The van der Waals surface area contributed by atoms with Crippen molar-refractivity contribution in [2.24, 2.45) is 0 Å². The predicted octanol–water partition coefficient (Wildman–Crippen LogP) is 5.59. The SMILES string of the molecule is O=C(C=Cc1ccc2c(c1)CCC2N(CCc1c[nH]c2ccccc12)C(=O)Nc1ccc(F)cc1)NO. The van der Waals surface area contributed by atoms with Gasteiger partial charge in [0.1, 0.15) is 5.82 Å². The second-order valence-corrected chi connectivity index (χ2v) is 9.06. The van der Waals surface area contributed by atoms with Gasteiger partial charge in [0.05, 0.1) is 6.04 Å². The van der Waals surface area contributed by atoms with Crippen molar-refractivity contribution in [1.82, 2.24) is 15.4 Å². The highest BCUT2D eigenvalue weighted by Gasteiger charge is 2.31. The van der Waals surface area contributed by atoms with Crippen LogP contribution in [0.5, 0.6) is 0 Å². The van der Waals surface area contributed by atoms with E-state index in [4.69, 9.17) is 5.21 Å². The fraction of sp³-hybridized carbons (Fsp3) is 0.172. The molecule has 1 atom stereocenters. The molecule has 1 aromatic heterocycles. The average molecular weight is 499 g/mol. The van der Waals surface area contributed by atoms with Gasteiger partial charge in [0, 0.05) is 35.4 Å². The normalized spacial score (nSPS) is 14.6. The number of urea groups is 1. The van der Waals surface area contributed by atoms with Crippen molar-refractivity contribution < 1.29 is 19.2 Å².